The lowest BCUT2D eigenvalue weighted by molar-refractivity contribution is 0.541. The first-order valence-electron chi connectivity index (χ1n) is 5.67. The van der Waals surface area contributed by atoms with Crippen LogP contribution in [-0.4, -0.2) is 19.3 Å². The maximum Gasteiger partial charge on any atom is 0.203 e. The van der Waals surface area contributed by atoms with E-state index in [0.717, 1.165) is 25.5 Å². The van der Waals surface area contributed by atoms with Crippen LogP contribution in [0.25, 0.3) is 0 Å². The summed E-state index contributed by atoms with van der Waals surface area (Å²) < 4.78 is 4.10. The standard InChI is InChI=1S/C11H15N5/c1-2-16-8-9(7-13-16)10-3-5-15-6-4-12-11(15)14-10/h4,6-8,10H,2-3,5H2,1H3,(H,12,14). The molecule has 0 radical (unpaired) electrons. The number of imidazole rings is 1. The second kappa shape index (κ2) is 3.66. The number of nitrogens with one attached hydrogen (secondary N) is 1. The lowest BCUT2D eigenvalue weighted by atomic mass is 10.1. The highest BCUT2D eigenvalue weighted by molar-refractivity contribution is 5.33. The van der Waals surface area contributed by atoms with Gasteiger partial charge in [0.05, 0.1) is 12.2 Å². The van der Waals surface area contributed by atoms with Crippen LogP contribution in [-0.2, 0) is 13.1 Å². The Balaban J connectivity index is 1.83. The molecule has 0 saturated heterocycles. The largest absolute Gasteiger partial charge is 0.349 e. The quantitative estimate of drug-likeness (QED) is 0.832. The molecule has 0 aliphatic carbocycles. The highest BCUT2D eigenvalue weighted by Gasteiger charge is 2.20. The Hall–Kier alpha value is -1.78. The van der Waals surface area contributed by atoms with Crippen LogP contribution in [0.2, 0.25) is 0 Å². The smallest absolute Gasteiger partial charge is 0.203 e. The first kappa shape index (κ1) is 9.45. The van der Waals surface area contributed by atoms with Crippen molar-refractivity contribution in [3.8, 4) is 0 Å². The molecule has 0 fully saturated rings. The first-order valence-corrected chi connectivity index (χ1v) is 5.67. The van der Waals surface area contributed by atoms with Crippen molar-refractivity contribution >= 4 is 5.95 Å². The molecule has 5 heteroatoms. The maximum atomic E-state index is 4.30. The fourth-order valence-corrected chi connectivity index (χ4v) is 2.11. The normalized spacial score (nSPS) is 19.2. The molecule has 16 heavy (non-hydrogen) atoms. The van der Waals surface area contributed by atoms with Gasteiger partial charge < -0.3 is 9.88 Å². The molecule has 2 aromatic rings. The van der Waals surface area contributed by atoms with Gasteiger partial charge >= 0.3 is 0 Å². The number of rotatable bonds is 2. The number of hydrogen-bond donors (Lipinski definition) is 1. The zero-order valence-electron chi connectivity index (χ0n) is 9.30. The summed E-state index contributed by atoms with van der Waals surface area (Å²) in [6, 6.07) is 0.343. The third-order valence-electron chi connectivity index (χ3n) is 3.06. The van der Waals surface area contributed by atoms with Crippen molar-refractivity contribution in [2.24, 2.45) is 0 Å². The van der Waals surface area contributed by atoms with E-state index in [-0.39, 0.29) is 0 Å². The molecule has 0 saturated carbocycles. The fourth-order valence-electron chi connectivity index (χ4n) is 2.11. The van der Waals surface area contributed by atoms with E-state index in [1.165, 1.54) is 5.56 Å². The predicted molar refractivity (Wildman–Crippen MR) is 61.1 cm³/mol. The SMILES string of the molecule is CCn1cc(C2CCn3ccnc3N2)cn1. The average molecular weight is 217 g/mol. The van der Waals surface area contributed by atoms with E-state index in [1.54, 1.807) is 0 Å². The minimum absolute atomic E-state index is 0.343. The molecule has 84 valence electrons. The highest BCUT2D eigenvalue weighted by Crippen LogP contribution is 2.26. The van der Waals surface area contributed by atoms with Gasteiger partial charge in [0, 0.05) is 37.2 Å². The number of fused-ring (bicyclic) bond motifs is 1. The van der Waals surface area contributed by atoms with Crippen molar-refractivity contribution in [3.63, 3.8) is 0 Å². The molecule has 1 aliphatic heterocycles. The van der Waals surface area contributed by atoms with Gasteiger partial charge in [-0.3, -0.25) is 4.68 Å². The van der Waals surface area contributed by atoms with Gasteiger partial charge in [-0.2, -0.15) is 5.10 Å². The van der Waals surface area contributed by atoms with E-state index >= 15 is 0 Å². The minimum Gasteiger partial charge on any atom is -0.349 e. The Morgan fingerprint density at radius 3 is 3.31 bits per heavy atom. The van der Waals surface area contributed by atoms with Crippen LogP contribution in [0.15, 0.2) is 24.8 Å². The van der Waals surface area contributed by atoms with Crippen LogP contribution in [0, 0.1) is 0 Å². The summed E-state index contributed by atoms with van der Waals surface area (Å²) in [5.41, 5.74) is 1.25. The molecule has 0 bridgehead atoms. The van der Waals surface area contributed by atoms with Crippen LogP contribution in [0.1, 0.15) is 24.9 Å². The lowest BCUT2D eigenvalue weighted by Crippen LogP contribution is -2.21. The molecular formula is C11H15N5. The van der Waals surface area contributed by atoms with E-state index in [0.29, 0.717) is 6.04 Å². The molecule has 2 aromatic heterocycles. The van der Waals surface area contributed by atoms with Crippen LogP contribution >= 0.6 is 0 Å². The third-order valence-corrected chi connectivity index (χ3v) is 3.06. The van der Waals surface area contributed by atoms with E-state index in [4.69, 9.17) is 0 Å². The molecule has 3 heterocycles. The van der Waals surface area contributed by atoms with E-state index < -0.39 is 0 Å². The zero-order chi connectivity index (χ0) is 11.0. The van der Waals surface area contributed by atoms with Gasteiger partial charge in [-0.1, -0.05) is 0 Å². The molecule has 0 spiro atoms. The van der Waals surface area contributed by atoms with Crippen LogP contribution < -0.4 is 5.32 Å². The number of nitrogens with zero attached hydrogens (tertiary/aromatic N) is 4. The van der Waals surface area contributed by atoms with Crippen molar-refractivity contribution in [3.05, 3.63) is 30.4 Å². The van der Waals surface area contributed by atoms with Crippen LogP contribution in [0.3, 0.4) is 0 Å². The highest BCUT2D eigenvalue weighted by atomic mass is 15.3. The molecule has 0 aromatic carbocycles. The van der Waals surface area contributed by atoms with Gasteiger partial charge in [-0.05, 0) is 13.3 Å². The van der Waals surface area contributed by atoms with Crippen molar-refractivity contribution in [2.45, 2.75) is 32.5 Å². The van der Waals surface area contributed by atoms with Gasteiger partial charge in [0.2, 0.25) is 5.95 Å². The van der Waals surface area contributed by atoms with E-state index in [2.05, 4.69) is 33.1 Å². The number of aromatic nitrogens is 4. The molecule has 3 rings (SSSR count). The summed E-state index contributed by atoms with van der Waals surface area (Å²) in [7, 11) is 0. The molecular weight excluding hydrogens is 202 g/mol. The summed E-state index contributed by atoms with van der Waals surface area (Å²) >= 11 is 0. The molecule has 1 aliphatic rings. The van der Waals surface area contributed by atoms with Crippen LogP contribution in [0.5, 0.6) is 0 Å². The topological polar surface area (TPSA) is 47.7 Å². The summed E-state index contributed by atoms with van der Waals surface area (Å²) in [5, 5.41) is 7.73. The van der Waals surface area contributed by atoms with E-state index in [1.807, 2.05) is 23.3 Å². The van der Waals surface area contributed by atoms with E-state index in [9.17, 15) is 0 Å². The molecule has 5 nitrogen and oxygen atoms in total. The van der Waals surface area contributed by atoms with Gasteiger partial charge in [0.1, 0.15) is 0 Å². The minimum atomic E-state index is 0.343. The van der Waals surface area contributed by atoms with Crippen molar-refractivity contribution < 1.29 is 0 Å². The second-order valence-electron chi connectivity index (χ2n) is 4.06. The first-order chi connectivity index (χ1) is 7.86. The Labute approximate surface area is 94.1 Å². The Kier molecular flexibility index (Phi) is 2.16. The maximum absolute atomic E-state index is 4.30. The monoisotopic (exact) mass is 217 g/mol. The predicted octanol–water partition coefficient (Wildman–Crippen LogP) is 1.66. The summed E-state index contributed by atoms with van der Waals surface area (Å²) in [5.74, 6) is 0.959. The number of hydrogen-bond acceptors (Lipinski definition) is 3. The third kappa shape index (κ3) is 1.48. The van der Waals surface area contributed by atoms with Gasteiger partial charge in [0.15, 0.2) is 0 Å². The summed E-state index contributed by atoms with van der Waals surface area (Å²) in [4.78, 5) is 4.28. The zero-order valence-corrected chi connectivity index (χ0v) is 9.30. The average Bonchev–Trinajstić information content (AvgIpc) is 2.96. The second-order valence-corrected chi connectivity index (χ2v) is 4.06. The molecule has 1 N–H and O–H groups in total. The summed E-state index contributed by atoms with van der Waals surface area (Å²) in [6.07, 6.45) is 8.98. The molecule has 0 amide bonds. The molecule has 1 unspecified atom stereocenters. The van der Waals surface area contributed by atoms with Crippen molar-refractivity contribution in [1.29, 1.82) is 0 Å². The van der Waals surface area contributed by atoms with Gasteiger partial charge in [0.25, 0.3) is 0 Å². The number of aryl methyl sites for hydroxylation is 2. The molecule has 1 atom stereocenters. The van der Waals surface area contributed by atoms with Crippen molar-refractivity contribution in [2.75, 3.05) is 5.32 Å². The fraction of sp³-hybridized carbons (Fsp3) is 0.455. The summed E-state index contributed by atoms with van der Waals surface area (Å²) in [6.45, 7) is 4.03. The Morgan fingerprint density at radius 1 is 1.56 bits per heavy atom. The Bertz CT molecular complexity index is 484. The Morgan fingerprint density at radius 2 is 2.50 bits per heavy atom. The van der Waals surface area contributed by atoms with Crippen LogP contribution in [0.4, 0.5) is 5.95 Å². The van der Waals surface area contributed by atoms with Crippen molar-refractivity contribution in [1.82, 2.24) is 19.3 Å². The van der Waals surface area contributed by atoms with Gasteiger partial charge in [-0.15, -0.1) is 0 Å². The lowest BCUT2D eigenvalue weighted by Gasteiger charge is -2.24. The van der Waals surface area contributed by atoms with Gasteiger partial charge in [-0.25, -0.2) is 4.98 Å². The number of anilines is 1.